The van der Waals surface area contributed by atoms with Crippen LogP contribution in [0.15, 0.2) is 36.4 Å². The number of carbonyl (C=O) groups excluding carboxylic acids is 1. The number of hydrogen-bond acceptors (Lipinski definition) is 5. The van der Waals surface area contributed by atoms with Crippen molar-refractivity contribution in [2.45, 2.75) is 0 Å². The third kappa shape index (κ3) is 3.40. The number of nitrogens with zero attached hydrogens (tertiary/aromatic N) is 1. The van der Waals surface area contributed by atoms with Gasteiger partial charge in [-0.15, -0.1) is 0 Å². The Morgan fingerprint density at radius 1 is 1.19 bits per heavy atom. The van der Waals surface area contributed by atoms with Crippen LogP contribution in [0.1, 0.15) is 10.4 Å². The molecule has 0 unspecified atom stereocenters. The maximum absolute atomic E-state index is 11.1. The molecule has 0 radical (unpaired) electrons. The summed E-state index contributed by atoms with van der Waals surface area (Å²) < 4.78 is 6.24. The number of halogens is 1. The van der Waals surface area contributed by atoms with E-state index >= 15 is 0 Å². The number of nitrogens with two attached hydrogens (primary N) is 2. The number of rotatable bonds is 4. The summed E-state index contributed by atoms with van der Waals surface area (Å²) in [4.78, 5) is 21.5. The Balaban J connectivity index is 2.44. The minimum atomic E-state index is -0.744. The van der Waals surface area contributed by atoms with E-state index in [-0.39, 0.29) is 17.0 Å². The van der Waals surface area contributed by atoms with Gasteiger partial charge in [-0.3, -0.25) is 14.9 Å². The average molecular weight is 399 g/mol. The summed E-state index contributed by atoms with van der Waals surface area (Å²) in [5, 5.41) is 11.1. The maximum atomic E-state index is 11.1. The van der Waals surface area contributed by atoms with E-state index in [0.29, 0.717) is 15.0 Å². The van der Waals surface area contributed by atoms with Crippen LogP contribution in [0, 0.1) is 13.7 Å². The molecule has 0 fully saturated rings. The summed E-state index contributed by atoms with van der Waals surface area (Å²) in [6, 6.07) is 8.71. The SMILES string of the molecule is NC(=O)c1ccc(Oc2ccc(N)cc2I)c([N+](=O)[O-])c1. The third-order valence-corrected chi connectivity index (χ3v) is 3.46. The number of hydrogen-bond donors (Lipinski definition) is 2. The summed E-state index contributed by atoms with van der Waals surface area (Å²) in [5.74, 6) is -0.292. The molecule has 0 aliphatic rings. The molecule has 0 atom stereocenters. The monoisotopic (exact) mass is 399 g/mol. The van der Waals surface area contributed by atoms with Crippen molar-refractivity contribution in [3.63, 3.8) is 0 Å². The number of nitrogen functional groups attached to an aromatic ring is 1. The molecule has 0 saturated carbocycles. The molecule has 0 saturated heterocycles. The van der Waals surface area contributed by atoms with E-state index in [1.54, 1.807) is 18.2 Å². The van der Waals surface area contributed by atoms with Gasteiger partial charge >= 0.3 is 5.69 Å². The Morgan fingerprint density at radius 2 is 1.86 bits per heavy atom. The van der Waals surface area contributed by atoms with Crippen LogP contribution in [0.4, 0.5) is 11.4 Å². The molecule has 0 aliphatic carbocycles. The van der Waals surface area contributed by atoms with Gasteiger partial charge in [0, 0.05) is 17.3 Å². The van der Waals surface area contributed by atoms with Gasteiger partial charge in [-0.05, 0) is 52.9 Å². The van der Waals surface area contributed by atoms with E-state index in [1.807, 2.05) is 22.6 Å². The molecule has 2 aromatic carbocycles. The molecule has 0 spiro atoms. The van der Waals surface area contributed by atoms with Gasteiger partial charge in [0.15, 0.2) is 0 Å². The standard InChI is InChI=1S/C13H10IN3O4/c14-9-6-8(15)2-4-11(9)21-12-3-1-7(13(16)18)5-10(12)17(19)20/h1-6H,15H2,(H2,16,18). The molecule has 1 amide bonds. The Labute approximate surface area is 133 Å². The number of primary amides is 1. The number of nitro groups is 1. The lowest BCUT2D eigenvalue weighted by molar-refractivity contribution is -0.385. The van der Waals surface area contributed by atoms with E-state index in [0.717, 1.165) is 6.07 Å². The summed E-state index contributed by atoms with van der Waals surface area (Å²) in [6.07, 6.45) is 0. The highest BCUT2D eigenvalue weighted by molar-refractivity contribution is 14.1. The maximum Gasteiger partial charge on any atom is 0.312 e. The lowest BCUT2D eigenvalue weighted by Gasteiger charge is -2.09. The highest BCUT2D eigenvalue weighted by Gasteiger charge is 2.19. The van der Waals surface area contributed by atoms with Crippen molar-refractivity contribution >= 4 is 39.9 Å². The largest absolute Gasteiger partial charge is 0.449 e. The number of carbonyl (C=O) groups is 1. The second-order valence-corrected chi connectivity index (χ2v) is 5.26. The molecular weight excluding hydrogens is 389 g/mol. The third-order valence-electron chi connectivity index (χ3n) is 2.62. The van der Waals surface area contributed by atoms with Crippen LogP contribution in [-0.4, -0.2) is 10.8 Å². The topological polar surface area (TPSA) is 121 Å². The summed E-state index contributed by atoms with van der Waals surface area (Å²) in [6.45, 7) is 0. The molecule has 21 heavy (non-hydrogen) atoms. The molecule has 0 aromatic heterocycles. The van der Waals surface area contributed by atoms with Crippen molar-refractivity contribution in [1.82, 2.24) is 0 Å². The predicted molar refractivity (Wildman–Crippen MR) is 85.3 cm³/mol. The first-order valence-corrected chi connectivity index (χ1v) is 6.77. The molecule has 2 rings (SSSR count). The van der Waals surface area contributed by atoms with Crippen molar-refractivity contribution in [2.24, 2.45) is 5.73 Å². The van der Waals surface area contributed by atoms with Gasteiger partial charge < -0.3 is 16.2 Å². The quantitative estimate of drug-likeness (QED) is 0.354. The van der Waals surface area contributed by atoms with Crippen molar-refractivity contribution in [1.29, 1.82) is 0 Å². The second kappa shape index (κ2) is 5.95. The fraction of sp³-hybridized carbons (Fsp3) is 0. The highest BCUT2D eigenvalue weighted by Crippen LogP contribution is 2.34. The number of benzene rings is 2. The first-order valence-electron chi connectivity index (χ1n) is 5.69. The molecule has 0 heterocycles. The van der Waals surface area contributed by atoms with Crippen LogP contribution in [0.3, 0.4) is 0 Å². The van der Waals surface area contributed by atoms with Crippen LogP contribution < -0.4 is 16.2 Å². The second-order valence-electron chi connectivity index (χ2n) is 4.10. The molecule has 108 valence electrons. The minimum absolute atomic E-state index is 0.0210. The average Bonchev–Trinajstić information content (AvgIpc) is 2.41. The van der Waals surface area contributed by atoms with Crippen molar-refractivity contribution in [3.8, 4) is 11.5 Å². The zero-order valence-electron chi connectivity index (χ0n) is 10.6. The van der Waals surface area contributed by atoms with Gasteiger partial charge in [0.25, 0.3) is 0 Å². The zero-order chi connectivity index (χ0) is 15.6. The first kappa shape index (κ1) is 15.0. The molecular formula is C13H10IN3O4. The summed E-state index contributed by atoms with van der Waals surface area (Å²) in [5.41, 5.74) is 11.0. The lowest BCUT2D eigenvalue weighted by atomic mass is 10.2. The van der Waals surface area contributed by atoms with Crippen molar-refractivity contribution < 1.29 is 14.5 Å². The van der Waals surface area contributed by atoms with E-state index in [4.69, 9.17) is 16.2 Å². The van der Waals surface area contributed by atoms with Crippen LogP contribution in [0.5, 0.6) is 11.5 Å². The number of ether oxygens (including phenoxy) is 1. The summed E-state index contributed by atoms with van der Waals surface area (Å²) in [7, 11) is 0. The Morgan fingerprint density at radius 3 is 2.43 bits per heavy atom. The van der Waals surface area contributed by atoms with Gasteiger partial charge in [-0.2, -0.15) is 0 Å². The van der Waals surface area contributed by atoms with E-state index in [1.165, 1.54) is 12.1 Å². The smallest absolute Gasteiger partial charge is 0.312 e. The molecule has 7 nitrogen and oxygen atoms in total. The van der Waals surface area contributed by atoms with Crippen molar-refractivity contribution in [3.05, 3.63) is 55.6 Å². The van der Waals surface area contributed by atoms with Crippen LogP contribution in [0.25, 0.3) is 0 Å². The van der Waals surface area contributed by atoms with Gasteiger partial charge in [0.1, 0.15) is 5.75 Å². The normalized spacial score (nSPS) is 10.1. The number of amides is 1. The van der Waals surface area contributed by atoms with E-state index in [9.17, 15) is 14.9 Å². The summed E-state index contributed by atoms with van der Waals surface area (Å²) >= 11 is 2.01. The first-order chi connectivity index (χ1) is 9.88. The predicted octanol–water partition coefficient (Wildman–Crippen LogP) is 2.67. The van der Waals surface area contributed by atoms with Gasteiger partial charge in [-0.25, -0.2) is 0 Å². The fourth-order valence-corrected chi connectivity index (χ4v) is 2.27. The molecule has 8 heteroatoms. The molecule has 2 aromatic rings. The van der Waals surface area contributed by atoms with Crippen LogP contribution in [-0.2, 0) is 0 Å². The van der Waals surface area contributed by atoms with Crippen LogP contribution >= 0.6 is 22.6 Å². The van der Waals surface area contributed by atoms with E-state index < -0.39 is 10.8 Å². The minimum Gasteiger partial charge on any atom is -0.449 e. The van der Waals surface area contributed by atoms with Gasteiger partial charge in [0.05, 0.1) is 8.49 Å². The molecule has 4 N–H and O–H groups in total. The van der Waals surface area contributed by atoms with Crippen LogP contribution in [0.2, 0.25) is 0 Å². The van der Waals surface area contributed by atoms with Crippen molar-refractivity contribution in [2.75, 3.05) is 5.73 Å². The lowest BCUT2D eigenvalue weighted by Crippen LogP contribution is -2.11. The Kier molecular flexibility index (Phi) is 4.26. The molecule has 0 aliphatic heterocycles. The van der Waals surface area contributed by atoms with Gasteiger partial charge in [-0.1, -0.05) is 0 Å². The Hall–Kier alpha value is -2.36. The highest BCUT2D eigenvalue weighted by atomic mass is 127. The molecule has 0 bridgehead atoms. The number of nitro benzene ring substituents is 1. The number of anilines is 1. The zero-order valence-corrected chi connectivity index (χ0v) is 12.7. The Bertz CT molecular complexity index is 733. The fourth-order valence-electron chi connectivity index (χ4n) is 1.62. The van der Waals surface area contributed by atoms with E-state index in [2.05, 4.69) is 0 Å². The van der Waals surface area contributed by atoms with Gasteiger partial charge in [0.2, 0.25) is 11.7 Å².